The van der Waals surface area contributed by atoms with Gasteiger partial charge in [-0.3, -0.25) is 19.3 Å². The second-order valence-corrected chi connectivity index (χ2v) is 6.77. The Morgan fingerprint density at radius 2 is 2.14 bits per heavy atom. The molecule has 0 unspecified atom stereocenters. The smallest absolute Gasteiger partial charge is 0.275 e. The molecule has 0 spiro atoms. The van der Waals surface area contributed by atoms with Crippen LogP contribution in [-0.4, -0.2) is 52.8 Å². The van der Waals surface area contributed by atoms with Crippen molar-refractivity contribution in [3.63, 3.8) is 0 Å². The van der Waals surface area contributed by atoms with Gasteiger partial charge >= 0.3 is 0 Å². The fourth-order valence-electron chi connectivity index (χ4n) is 3.17. The van der Waals surface area contributed by atoms with Crippen molar-refractivity contribution in [2.24, 2.45) is 10.7 Å². The van der Waals surface area contributed by atoms with E-state index in [0.29, 0.717) is 30.8 Å². The van der Waals surface area contributed by atoms with Crippen LogP contribution in [-0.2, 0) is 11.3 Å². The molecule has 1 aromatic carbocycles. The standard InChI is InChI=1S/C20H23FN6O2/c1-23-10-17-15(22)8-9-16(20(29)26(17)2)24-19(28)18-14(21)12-27(25-18)11-13-6-4-3-5-7-13/h3-7,10,12,16H,8-9,11,22H2,1-2H3,(H,24,28)/t16-/m1/s1. The molecule has 2 amide bonds. The Labute approximate surface area is 167 Å². The summed E-state index contributed by atoms with van der Waals surface area (Å²) in [4.78, 5) is 30.6. The maximum atomic E-state index is 14.3. The number of halogens is 1. The minimum atomic E-state index is -0.840. The Morgan fingerprint density at radius 3 is 2.83 bits per heavy atom. The molecule has 9 heteroatoms. The quantitative estimate of drug-likeness (QED) is 0.741. The summed E-state index contributed by atoms with van der Waals surface area (Å²) in [5.74, 6) is -1.84. The van der Waals surface area contributed by atoms with Crippen LogP contribution in [0.2, 0.25) is 0 Å². The van der Waals surface area contributed by atoms with E-state index in [9.17, 15) is 14.0 Å². The molecule has 8 nitrogen and oxygen atoms in total. The molecule has 0 aliphatic carbocycles. The zero-order valence-electron chi connectivity index (χ0n) is 16.3. The number of hydrogen-bond donors (Lipinski definition) is 2. The first kappa shape index (κ1) is 20.2. The summed E-state index contributed by atoms with van der Waals surface area (Å²) in [6.07, 6.45) is 3.36. The molecule has 0 saturated heterocycles. The molecule has 3 N–H and O–H groups in total. The normalized spacial score (nSPS) is 17.7. The van der Waals surface area contributed by atoms with E-state index in [1.54, 1.807) is 14.1 Å². The number of benzene rings is 1. The number of amides is 2. The van der Waals surface area contributed by atoms with Crippen molar-refractivity contribution in [3.05, 3.63) is 65.0 Å². The average Bonchev–Trinajstić information content (AvgIpc) is 3.04. The molecule has 0 saturated carbocycles. The van der Waals surface area contributed by atoms with Crippen LogP contribution < -0.4 is 11.1 Å². The SMILES string of the molecule is CN=CC1=C(N)CC[C@@H](NC(=O)c2nn(Cc3ccccc3)cc2F)C(=O)N1C. The Kier molecular flexibility index (Phi) is 6.06. The first-order valence-corrected chi connectivity index (χ1v) is 9.16. The molecule has 152 valence electrons. The number of aliphatic imine (C=N–C) groups is 1. The first-order chi connectivity index (χ1) is 13.9. The van der Waals surface area contributed by atoms with Crippen LogP contribution >= 0.6 is 0 Å². The van der Waals surface area contributed by atoms with E-state index < -0.39 is 17.8 Å². The van der Waals surface area contributed by atoms with Gasteiger partial charge < -0.3 is 16.0 Å². The lowest BCUT2D eigenvalue weighted by Crippen LogP contribution is -2.46. The van der Waals surface area contributed by atoms with Crippen molar-refractivity contribution in [1.29, 1.82) is 0 Å². The zero-order chi connectivity index (χ0) is 21.0. The van der Waals surface area contributed by atoms with E-state index >= 15 is 0 Å². The molecule has 0 radical (unpaired) electrons. The Bertz CT molecular complexity index is 967. The zero-order valence-corrected chi connectivity index (χ0v) is 16.3. The maximum Gasteiger partial charge on any atom is 0.275 e. The highest BCUT2D eigenvalue weighted by Crippen LogP contribution is 2.18. The van der Waals surface area contributed by atoms with Crippen molar-refractivity contribution in [2.45, 2.75) is 25.4 Å². The van der Waals surface area contributed by atoms with Crippen LogP contribution in [0.4, 0.5) is 4.39 Å². The molecule has 1 aromatic heterocycles. The van der Waals surface area contributed by atoms with E-state index in [1.807, 2.05) is 30.3 Å². The van der Waals surface area contributed by atoms with Gasteiger partial charge in [0.05, 0.1) is 18.4 Å². The van der Waals surface area contributed by atoms with Crippen molar-refractivity contribution in [1.82, 2.24) is 20.0 Å². The third-order valence-corrected chi connectivity index (χ3v) is 4.70. The molecule has 1 aliphatic rings. The van der Waals surface area contributed by atoms with E-state index in [-0.39, 0.29) is 11.6 Å². The molecular weight excluding hydrogens is 375 g/mol. The average molecular weight is 398 g/mol. The van der Waals surface area contributed by atoms with Crippen LogP contribution in [0.25, 0.3) is 0 Å². The largest absolute Gasteiger partial charge is 0.400 e. The number of nitrogens with zero attached hydrogens (tertiary/aromatic N) is 4. The number of likely N-dealkylation sites (N-methyl/N-ethyl adjacent to an activating group) is 1. The van der Waals surface area contributed by atoms with Gasteiger partial charge in [-0.2, -0.15) is 5.10 Å². The molecule has 29 heavy (non-hydrogen) atoms. The number of nitrogens with two attached hydrogens (primary N) is 1. The van der Waals surface area contributed by atoms with Crippen LogP contribution in [0.5, 0.6) is 0 Å². The number of nitrogens with one attached hydrogen (secondary N) is 1. The van der Waals surface area contributed by atoms with Gasteiger partial charge in [0.15, 0.2) is 11.5 Å². The Balaban J connectivity index is 1.73. The molecule has 0 fully saturated rings. The minimum Gasteiger partial charge on any atom is -0.400 e. The summed E-state index contributed by atoms with van der Waals surface area (Å²) < 4.78 is 15.7. The molecule has 0 bridgehead atoms. The lowest BCUT2D eigenvalue weighted by molar-refractivity contribution is -0.129. The van der Waals surface area contributed by atoms with Crippen LogP contribution in [0.1, 0.15) is 28.9 Å². The summed E-state index contributed by atoms with van der Waals surface area (Å²) in [6, 6.07) is 8.55. The minimum absolute atomic E-state index is 0.300. The highest BCUT2D eigenvalue weighted by atomic mass is 19.1. The van der Waals surface area contributed by atoms with Crippen molar-refractivity contribution < 1.29 is 14.0 Å². The van der Waals surface area contributed by atoms with E-state index in [1.165, 1.54) is 15.8 Å². The van der Waals surface area contributed by atoms with Crippen molar-refractivity contribution in [2.75, 3.05) is 14.1 Å². The summed E-state index contributed by atoms with van der Waals surface area (Å²) in [6.45, 7) is 0.330. The number of carbonyl (C=O) groups excluding carboxylic acids is 2. The summed E-state index contributed by atoms with van der Waals surface area (Å²) in [5.41, 5.74) is 7.60. The number of hydrogen-bond acceptors (Lipinski definition) is 5. The lowest BCUT2D eigenvalue weighted by Gasteiger charge is -2.22. The predicted octanol–water partition coefficient (Wildman–Crippen LogP) is 1.29. The molecule has 1 aliphatic heterocycles. The van der Waals surface area contributed by atoms with Crippen LogP contribution in [0.15, 0.2) is 52.9 Å². The predicted molar refractivity (Wildman–Crippen MR) is 107 cm³/mol. The molecule has 3 rings (SSSR count). The number of carbonyl (C=O) groups is 2. The second-order valence-electron chi connectivity index (χ2n) is 6.77. The topological polar surface area (TPSA) is 106 Å². The fourth-order valence-corrected chi connectivity index (χ4v) is 3.17. The number of allylic oxidation sites excluding steroid dienone is 2. The third kappa shape index (κ3) is 4.50. The number of rotatable bonds is 5. The maximum absolute atomic E-state index is 14.3. The Morgan fingerprint density at radius 1 is 1.41 bits per heavy atom. The molecule has 1 atom stereocenters. The van der Waals surface area contributed by atoms with Crippen molar-refractivity contribution in [3.8, 4) is 0 Å². The van der Waals surface area contributed by atoms with Gasteiger partial charge in [-0.25, -0.2) is 4.39 Å². The fraction of sp³-hybridized carbons (Fsp3) is 0.300. The molecular formula is C20H23FN6O2. The highest BCUT2D eigenvalue weighted by Gasteiger charge is 2.31. The van der Waals surface area contributed by atoms with E-state index in [4.69, 9.17) is 5.73 Å². The van der Waals surface area contributed by atoms with E-state index in [0.717, 1.165) is 11.8 Å². The van der Waals surface area contributed by atoms with Gasteiger partial charge in [0.1, 0.15) is 6.04 Å². The molecule has 2 heterocycles. The second kappa shape index (κ2) is 8.68. The van der Waals surface area contributed by atoms with Crippen molar-refractivity contribution >= 4 is 18.0 Å². The molecule has 2 aromatic rings. The highest BCUT2D eigenvalue weighted by molar-refractivity contribution is 5.98. The first-order valence-electron chi connectivity index (χ1n) is 9.16. The van der Waals surface area contributed by atoms with E-state index in [2.05, 4.69) is 15.4 Å². The van der Waals surface area contributed by atoms with Crippen LogP contribution in [0, 0.1) is 5.82 Å². The van der Waals surface area contributed by atoms with Crippen LogP contribution in [0.3, 0.4) is 0 Å². The van der Waals surface area contributed by atoms with Gasteiger partial charge in [-0.15, -0.1) is 0 Å². The number of aromatic nitrogens is 2. The Hall–Kier alpha value is -3.49. The summed E-state index contributed by atoms with van der Waals surface area (Å²) in [5, 5.41) is 6.63. The van der Waals surface area contributed by atoms with Gasteiger partial charge in [-0.05, 0) is 18.4 Å². The monoisotopic (exact) mass is 398 g/mol. The van der Waals surface area contributed by atoms with Gasteiger partial charge in [0, 0.05) is 26.0 Å². The third-order valence-electron chi connectivity index (χ3n) is 4.70. The summed E-state index contributed by atoms with van der Waals surface area (Å²) in [7, 11) is 3.14. The lowest BCUT2D eigenvalue weighted by atomic mass is 10.1. The summed E-state index contributed by atoms with van der Waals surface area (Å²) >= 11 is 0. The van der Waals surface area contributed by atoms with Gasteiger partial charge in [0.25, 0.3) is 5.91 Å². The van der Waals surface area contributed by atoms with Gasteiger partial charge in [-0.1, -0.05) is 30.3 Å². The van der Waals surface area contributed by atoms with Gasteiger partial charge in [0.2, 0.25) is 5.91 Å².